The molecule has 0 N–H and O–H groups in total. The quantitative estimate of drug-likeness (QED) is 0.351. The van der Waals surface area contributed by atoms with E-state index in [-0.39, 0.29) is 17.8 Å². The number of carbonyl (C=O) groups excluding carboxylic acids is 1. The number of fused-ring (bicyclic) bond motifs is 1. The maximum atomic E-state index is 13.8. The second-order valence-electron chi connectivity index (χ2n) is 8.68. The molecule has 33 heavy (non-hydrogen) atoms. The third-order valence-electron chi connectivity index (χ3n) is 6.50. The monoisotopic (exact) mass is 435 g/mol. The molecule has 164 valence electrons. The number of carbonyl (C=O) groups is 1. The highest BCUT2D eigenvalue weighted by molar-refractivity contribution is 5.82. The van der Waals surface area contributed by atoms with Crippen LogP contribution in [0.2, 0.25) is 0 Å². The van der Waals surface area contributed by atoms with E-state index in [1.54, 1.807) is 12.1 Å². The number of hydrogen-bond donors (Lipinski definition) is 0. The average Bonchev–Trinajstić information content (AvgIpc) is 3.28. The lowest BCUT2D eigenvalue weighted by molar-refractivity contribution is -0.133. The number of hydrogen-bond acceptors (Lipinski definition) is 1. The molecule has 0 aliphatic heterocycles. The van der Waals surface area contributed by atoms with Gasteiger partial charge in [-0.25, -0.2) is 4.39 Å². The third-order valence-corrected chi connectivity index (χ3v) is 6.50. The molecule has 0 saturated carbocycles. The summed E-state index contributed by atoms with van der Waals surface area (Å²) in [5.74, 6) is -0.165. The molecule has 0 bridgehead atoms. The summed E-state index contributed by atoms with van der Waals surface area (Å²) in [6.45, 7) is 0.477. The van der Waals surface area contributed by atoms with Crippen LogP contribution < -0.4 is 0 Å². The molecule has 0 atom stereocenters. The van der Waals surface area contributed by atoms with Crippen LogP contribution in [0.1, 0.15) is 22.3 Å². The average molecular weight is 436 g/mol. The number of benzene rings is 4. The Morgan fingerprint density at radius 3 is 2.06 bits per heavy atom. The zero-order chi connectivity index (χ0) is 22.6. The highest BCUT2D eigenvalue weighted by Crippen LogP contribution is 2.29. The zero-order valence-corrected chi connectivity index (χ0v) is 18.5. The van der Waals surface area contributed by atoms with Gasteiger partial charge in [-0.05, 0) is 58.4 Å². The van der Waals surface area contributed by atoms with Gasteiger partial charge in [0.15, 0.2) is 0 Å². The van der Waals surface area contributed by atoms with Crippen LogP contribution in [0, 0.1) is 5.82 Å². The maximum absolute atomic E-state index is 13.8. The van der Waals surface area contributed by atoms with E-state index in [2.05, 4.69) is 42.5 Å². The Bertz CT molecular complexity index is 1220. The van der Waals surface area contributed by atoms with Gasteiger partial charge >= 0.3 is 0 Å². The van der Waals surface area contributed by atoms with Crippen molar-refractivity contribution in [2.75, 3.05) is 0 Å². The van der Waals surface area contributed by atoms with E-state index in [1.807, 2.05) is 41.3 Å². The summed E-state index contributed by atoms with van der Waals surface area (Å²) in [5.41, 5.74) is 6.78. The van der Waals surface area contributed by atoms with Crippen LogP contribution in [-0.4, -0.2) is 16.8 Å². The first kappa shape index (κ1) is 21.1. The fraction of sp³-hybridized carbons (Fsp3) is 0.167. The summed E-state index contributed by atoms with van der Waals surface area (Å²) in [6, 6.07) is 33.3. The van der Waals surface area contributed by atoms with Crippen LogP contribution in [0.4, 0.5) is 4.39 Å². The van der Waals surface area contributed by atoms with Crippen molar-refractivity contribution in [2.45, 2.75) is 31.8 Å². The van der Waals surface area contributed by atoms with Gasteiger partial charge in [0.25, 0.3) is 0 Å². The smallest absolute Gasteiger partial charge is 0.227 e. The van der Waals surface area contributed by atoms with Crippen molar-refractivity contribution < 1.29 is 9.18 Å². The molecule has 0 aromatic heterocycles. The molecule has 5 rings (SSSR count). The molecule has 4 aromatic carbocycles. The van der Waals surface area contributed by atoms with Crippen LogP contribution in [-0.2, 0) is 30.6 Å². The molecule has 0 fully saturated rings. The first-order chi connectivity index (χ1) is 16.2. The molecule has 0 spiro atoms. The van der Waals surface area contributed by atoms with Crippen molar-refractivity contribution in [1.82, 2.24) is 4.90 Å². The van der Waals surface area contributed by atoms with E-state index < -0.39 is 0 Å². The van der Waals surface area contributed by atoms with Gasteiger partial charge in [-0.3, -0.25) is 4.79 Å². The second kappa shape index (κ2) is 9.41. The summed E-state index contributed by atoms with van der Waals surface area (Å²) in [6.07, 6.45) is 2.03. The lowest BCUT2D eigenvalue weighted by Crippen LogP contribution is -2.41. The minimum Gasteiger partial charge on any atom is -0.334 e. The van der Waals surface area contributed by atoms with E-state index in [4.69, 9.17) is 0 Å². The molecule has 1 aliphatic carbocycles. The molecule has 4 aromatic rings. The summed E-state index contributed by atoms with van der Waals surface area (Å²) in [7, 11) is 0. The molecular formula is C30H26FNO. The van der Waals surface area contributed by atoms with Crippen molar-refractivity contribution >= 4 is 5.91 Å². The third kappa shape index (κ3) is 4.73. The van der Waals surface area contributed by atoms with Gasteiger partial charge in [0.2, 0.25) is 5.91 Å². The van der Waals surface area contributed by atoms with Crippen molar-refractivity contribution in [3.8, 4) is 11.1 Å². The highest BCUT2D eigenvalue weighted by atomic mass is 19.1. The van der Waals surface area contributed by atoms with Crippen LogP contribution in [0.25, 0.3) is 11.1 Å². The van der Waals surface area contributed by atoms with Crippen LogP contribution in [0.5, 0.6) is 0 Å². The second-order valence-corrected chi connectivity index (χ2v) is 8.68. The maximum Gasteiger partial charge on any atom is 0.227 e. The Morgan fingerprint density at radius 1 is 0.758 bits per heavy atom. The molecule has 3 heteroatoms. The van der Waals surface area contributed by atoms with E-state index in [0.717, 1.165) is 35.1 Å². The van der Waals surface area contributed by atoms with Crippen molar-refractivity contribution in [3.63, 3.8) is 0 Å². The SMILES string of the molecule is O=C(Cc1ccccc1-c1ccccc1)N(Cc1ccc(F)cc1)C1Cc2ccccc2C1. The van der Waals surface area contributed by atoms with Gasteiger partial charge in [-0.2, -0.15) is 0 Å². The highest BCUT2D eigenvalue weighted by Gasteiger charge is 2.30. The van der Waals surface area contributed by atoms with E-state index in [9.17, 15) is 9.18 Å². The molecule has 2 nitrogen and oxygen atoms in total. The molecule has 1 aliphatic rings. The largest absolute Gasteiger partial charge is 0.334 e. The van der Waals surface area contributed by atoms with Crippen LogP contribution in [0.3, 0.4) is 0 Å². The summed E-state index contributed by atoms with van der Waals surface area (Å²) in [4.78, 5) is 15.8. The van der Waals surface area contributed by atoms with Gasteiger partial charge < -0.3 is 4.90 Å². The van der Waals surface area contributed by atoms with Crippen molar-refractivity contribution in [3.05, 3.63) is 131 Å². The first-order valence-corrected chi connectivity index (χ1v) is 11.4. The topological polar surface area (TPSA) is 20.3 Å². The summed E-state index contributed by atoms with van der Waals surface area (Å²) in [5, 5.41) is 0. The normalized spacial score (nSPS) is 13.0. The minimum absolute atomic E-state index is 0.0977. The van der Waals surface area contributed by atoms with Gasteiger partial charge in [0.1, 0.15) is 5.82 Å². The Kier molecular flexibility index (Phi) is 6.03. The lowest BCUT2D eigenvalue weighted by Gasteiger charge is -2.30. The number of halogens is 1. The van der Waals surface area contributed by atoms with Gasteiger partial charge in [0.05, 0.1) is 6.42 Å². The van der Waals surface area contributed by atoms with Crippen molar-refractivity contribution in [2.24, 2.45) is 0 Å². The Morgan fingerprint density at radius 2 is 1.36 bits per heavy atom. The molecular weight excluding hydrogens is 409 g/mol. The van der Waals surface area contributed by atoms with E-state index >= 15 is 0 Å². The standard InChI is InChI=1S/C30H26FNO/c31-27-16-14-22(15-17-27)21-32(28-18-24-10-4-5-11-25(24)19-28)30(33)20-26-12-6-7-13-29(26)23-8-2-1-3-9-23/h1-17,28H,18-21H2. The van der Waals surface area contributed by atoms with Crippen molar-refractivity contribution in [1.29, 1.82) is 0 Å². The zero-order valence-electron chi connectivity index (χ0n) is 18.5. The Hall–Kier alpha value is -3.72. The van der Waals surface area contributed by atoms with Crippen LogP contribution >= 0.6 is 0 Å². The number of nitrogens with zero attached hydrogens (tertiary/aromatic N) is 1. The fourth-order valence-electron chi connectivity index (χ4n) is 4.80. The van der Waals surface area contributed by atoms with E-state index in [0.29, 0.717) is 13.0 Å². The molecule has 0 saturated heterocycles. The van der Waals surface area contributed by atoms with Crippen LogP contribution in [0.15, 0.2) is 103 Å². The predicted octanol–water partition coefficient (Wildman–Crippen LogP) is 6.23. The van der Waals surface area contributed by atoms with E-state index in [1.165, 1.54) is 23.3 Å². The fourth-order valence-corrected chi connectivity index (χ4v) is 4.80. The summed E-state index contributed by atoms with van der Waals surface area (Å²) >= 11 is 0. The molecule has 0 heterocycles. The summed E-state index contributed by atoms with van der Waals surface area (Å²) < 4.78 is 13.5. The van der Waals surface area contributed by atoms with Gasteiger partial charge in [-0.15, -0.1) is 0 Å². The Balaban J connectivity index is 1.43. The lowest BCUT2D eigenvalue weighted by atomic mass is 9.97. The number of rotatable bonds is 6. The Labute approximate surface area is 194 Å². The van der Waals surface area contributed by atoms with Gasteiger partial charge in [-0.1, -0.05) is 91.0 Å². The number of amides is 1. The predicted molar refractivity (Wildman–Crippen MR) is 130 cm³/mol. The van der Waals surface area contributed by atoms with Gasteiger partial charge in [0, 0.05) is 12.6 Å². The first-order valence-electron chi connectivity index (χ1n) is 11.4. The molecule has 0 unspecified atom stereocenters. The molecule has 0 radical (unpaired) electrons. The minimum atomic E-state index is -0.262. The molecule has 1 amide bonds.